The number of hydrogen-bond donors (Lipinski definition) is 0. The minimum Gasteiger partial charge on any atom is -0.292 e. The van der Waals surface area contributed by atoms with Gasteiger partial charge in [0.2, 0.25) is 0 Å². The van der Waals surface area contributed by atoms with Gasteiger partial charge >= 0.3 is 0 Å². The van der Waals surface area contributed by atoms with Crippen molar-refractivity contribution >= 4 is 5.78 Å². The van der Waals surface area contributed by atoms with Crippen LogP contribution in [0.4, 0.5) is 0 Å². The molecular weight excluding hydrogens is 176 g/mol. The number of carbonyl (C=O) groups is 1. The molecule has 1 aromatic heterocycles. The predicted molar refractivity (Wildman–Crippen MR) is 54.5 cm³/mol. The Balaban J connectivity index is 2.45. The first-order valence-corrected chi connectivity index (χ1v) is 5.10. The number of fused-ring (bicyclic) bond motifs is 1. The summed E-state index contributed by atoms with van der Waals surface area (Å²) in [6.07, 6.45) is 1.60. The van der Waals surface area contributed by atoms with Crippen molar-refractivity contribution in [2.75, 3.05) is 0 Å². The molecule has 0 saturated heterocycles. The van der Waals surface area contributed by atoms with E-state index in [1.807, 2.05) is 10.7 Å². The van der Waals surface area contributed by atoms with E-state index in [0.29, 0.717) is 6.42 Å². The van der Waals surface area contributed by atoms with Crippen LogP contribution in [0, 0.1) is 0 Å². The largest absolute Gasteiger partial charge is 0.292 e. The maximum atomic E-state index is 11.6. The van der Waals surface area contributed by atoms with Crippen LogP contribution in [0.5, 0.6) is 0 Å². The van der Waals surface area contributed by atoms with Crippen molar-refractivity contribution in [2.45, 2.75) is 45.6 Å². The zero-order valence-electron chi connectivity index (χ0n) is 9.00. The zero-order chi connectivity index (χ0) is 10.3. The molecular formula is C11H16N2O. The Kier molecular flexibility index (Phi) is 1.98. The van der Waals surface area contributed by atoms with Gasteiger partial charge in [-0.15, -0.1) is 0 Å². The molecule has 0 atom stereocenters. The molecule has 14 heavy (non-hydrogen) atoms. The molecule has 76 valence electrons. The average Bonchev–Trinajstić information content (AvgIpc) is 2.48. The molecule has 0 radical (unpaired) electrons. The number of ketones is 1. The number of carbonyl (C=O) groups excluding carboxylic acids is 1. The van der Waals surface area contributed by atoms with E-state index in [4.69, 9.17) is 0 Å². The lowest BCUT2D eigenvalue weighted by Crippen LogP contribution is -2.17. The van der Waals surface area contributed by atoms with E-state index in [9.17, 15) is 4.79 Å². The van der Waals surface area contributed by atoms with Crippen LogP contribution in [0.2, 0.25) is 0 Å². The summed E-state index contributed by atoms with van der Waals surface area (Å²) in [6, 6.07) is 1.95. The normalized spacial score (nSPS) is 16.9. The van der Waals surface area contributed by atoms with Gasteiger partial charge in [0.05, 0.1) is 5.69 Å². The number of aryl methyl sites for hydroxylation is 1. The van der Waals surface area contributed by atoms with Gasteiger partial charge in [-0.25, -0.2) is 0 Å². The number of hydrogen-bond acceptors (Lipinski definition) is 2. The molecule has 0 amide bonds. The van der Waals surface area contributed by atoms with Gasteiger partial charge in [0.15, 0.2) is 5.78 Å². The van der Waals surface area contributed by atoms with Crippen LogP contribution in [-0.2, 0) is 12.0 Å². The smallest absolute Gasteiger partial charge is 0.180 e. The van der Waals surface area contributed by atoms with E-state index < -0.39 is 0 Å². The van der Waals surface area contributed by atoms with E-state index in [1.54, 1.807) is 0 Å². The van der Waals surface area contributed by atoms with Crippen LogP contribution in [0.3, 0.4) is 0 Å². The fourth-order valence-corrected chi connectivity index (χ4v) is 1.70. The van der Waals surface area contributed by atoms with Gasteiger partial charge in [0.25, 0.3) is 0 Å². The van der Waals surface area contributed by atoms with Crippen molar-refractivity contribution in [3.63, 3.8) is 0 Å². The molecule has 1 aliphatic heterocycles. The Morgan fingerprint density at radius 1 is 1.43 bits per heavy atom. The molecule has 0 N–H and O–H groups in total. The molecule has 0 unspecified atom stereocenters. The van der Waals surface area contributed by atoms with Gasteiger partial charge in [-0.3, -0.25) is 9.48 Å². The van der Waals surface area contributed by atoms with Crippen LogP contribution < -0.4 is 0 Å². The molecule has 2 heterocycles. The summed E-state index contributed by atoms with van der Waals surface area (Å²) in [6.45, 7) is 7.24. The van der Waals surface area contributed by atoms with Crippen LogP contribution in [-0.4, -0.2) is 15.6 Å². The van der Waals surface area contributed by atoms with Gasteiger partial charge < -0.3 is 0 Å². The second-order valence-corrected chi connectivity index (χ2v) is 4.91. The first-order valence-electron chi connectivity index (χ1n) is 5.10. The maximum absolute atomic E-state index is 11.6. The molecule has 3 heteroatoms. The first-order chi connectivity index (χ1) is 6.48. The maximum Gasteiger partial charge on any atom is 0.180 e. The summed E-state index contributed by atoms with van der Waals surface area (Å²) in [5.74, 6) is 0.235. The molecule has 2 rings (SSSR count). The number of nitrogens with zero attached hydrogens (tertiary/aromatic N) is 2. The molecule has 1 aliphatic rings. The fraction of sp³-hybridized carbons (Fsp3) is 0.636. The highest BCUT2D eigenvalue weighted by Crippen LogP contribution is 2.24. The van der Waals surface area contributed by atoms with Crippen molar-refractivity contribution in [3.8, 4) is 0 Å². The van der Waals surface area contributed by atoms with E-state index in [2.05, 4.69) is 25.9 Å². The minimum atomic E-state index is 0.0324. The molecule has 0 spiro atoms. The summed E-state index contributed by atoms with van der Waals surface area (Å²) in [4.78, 5) is 11.6. The summed E-state index contributed by atoms with van der Waals surface area (Å²) < 4.78 is 1.85. The Hall–Kier alpha value is -1.12. The van der Waals surface area contributed by atoms with E-state index >= 15 is 0 Å². The van der Waals surface area contributed by atoms with Crippen molar-refractivity contribution in [1.29, 1.82) is 0 Å². The highest BCUT2D eigenvalue weighted by molar-refractivity contribution is 5.95. The monoisotopic (exact) mass is 192 g/mol. The summed E-state index contributed by atoms with van der Waals surface area (Å²) in [7, 11) is 0. The molecule has 0 fully saturated rings. The molecule has 1 aromatic rings. The summed E-state index contributed by atoms with van der Waals surface area (Å²) >= 11 is 0. The Morgan fingerprint density at radius 2 is 2.14 bits per heavy atom. The van der Waals surface area contributed by atoms with Crippen molar-refractivity contribution < 1.29 is 4.79 Å². The van der Waals surface area contributed by atoms with Crippen molar-refractivity contribution in [1.82, 2.24) is 9.78 Å². The summed E-state index contributed by atoms with van der Waals surface area (Å²) in [5, 5.41) is 4.47. The topological polar surface area (TPSA) is 34.9 Å². The zero-order valence-corrected chi connectivity index (χ0v) is 9.00. The van der Waals surface area contributed by atoms with Crippen LogP contribution in [0.25, 0.3) is 0 Å². The highest BCUT2D eigenvalue weighted by atomic mass is 16.1. The third kappa shape index (κ3) is 1.47. The molecule has 0 bridgehead atoms. The van der Waals surface area contributed by atoms with E-state index in [1.165, 1.54) is 0 Å². The lowest BCUT2D eigenvalue weighted by molar-refractivity contribution is 0.0951. The van der Waals surface area contributed by atoms with Gasteiger partial charge in [0.1, 0.15) is 5.69 Å². The van der Waals surface area contributed by atoms with Crippen molar-refractivity contribution in [2.24, 2.45) is 0 Å². The molecule has 0 saturated carbocycles. The number of aromatic nitrogens is 2. The number of rotatable bonds is 0. The van der Waals surface area contributed by atoms with E-state index in [-0.39, 0.29) is 11.2 Å². The highest BCUT2D eigenvalue weighted by Gasteiger charge is 2.24. The third-order valence-corrected chi connectivity index (χ3v) is 2.61. The van der Waals surface area contributed by atoms with Gasteiger partial charge in [0, 0.05) is 18.4 Å². The Bertz CT molecular complexity index is 371. The SMILES string of the molecule is CC(C)(C)c1cc2n(n1)CCCC2=O. The standard InChI is InChI=1S/C11H16N2O/c1-11(2,3)10-7-8-9(14)5-4-6-13(8)12-10/h7H,4-6H2,1-3H3. The van der Waals surface area contributed by atoms with Crippen LogP contribution in [0.1, 0.15) is 49.8 Å². The fourth-order valence-electron chi connectivity index (χ4n) is 1.70. The minimum absolute atomic E-state index is 0.0324. The Labute approximate surface area is 84.1 Å². The number of Topliss-reactive ketones (excluding diaryl/α,β-unsaturated/α-hetero) is 1. The second-order valence-electron chi connectivity index (χ2n) is 4.91. The molecule has 3 nitrogen and oxygen atoms in total. The van der Waals surface area contributed by atoms with E-state index in [0.717, 1.165) is 24.4 Å². The van der Waals surface area contributed by atoms with Crippen molar-refractivity contribution in [3.05, 3.63) is 17.5 Å². The van der Waals surface area contributed by atoms with Gasteiger partial charge in [-0.05, 0) is 12.5 Å². The third-order valence-electron chi connectivity index (χ3n) is 2.61. The quantitative estimate of drug-likeness (QED) is 0.631. The Morgan fingerprint density at radius 3 is 2.71 bits per heavy atom. The average molecular weight is 192 g/mol. The molecule has 0 aliphatic carbocycles. The summed E-state index contributed by atoms with van der Waals surface area (Å²) in [5.41, 5.74) is 1.84. The predicted octanol–water partition coefficient (Wildman–Crippen LogP) is 2.16. The van der Waals surface area contributed by atoms with Crippen LogP contribution in [0.15, 0.2) is 6.07 Å². The first kappa shape index (κ1) is 9.44. The van der Waals surface area contributed by atoms with Gasteiger partial charge in [-0.1, -0.05) is 20.8 Å². The van der Waals surface area contributed by atoms with Crippen LogP contribution >= 0.6 is 0 Å². The lowest BCUT2D eigenvalue weighted by Gasteiger charge is -2.14. The second kappa shape index (κ2) is 2.94. The van der Waals surface area contributed by atoms with Gasteiger partial charge in [-0.2, -0.15) is 5.10 Å². The molecule has 0 aromatic carbocycles. The lowest BCUT2D eigenvalue weighted by atomic mass is 9.92.